The van der Waals surface area contributed by atoms with Gasteiger partial charge in [0.2, 0.25) is 18.3 Å². The van der Waals surface area contributed by atoms with Gasteiger partial charge in [-0.15, -0.1) is 0 Å². The third-order valence-corrected chi connectivity index (χ3v) is 4.15. The number of methoxy groups -OCH3 is 4. The molecule has 6 nitrogen and oxygen atoms in total. The third kappa shape index (κ3) is 3.38. The maximum absolute atomic E-state index is 5.48. The maximum atomic E-state index is 5.48. The van der Waals surface area contributed by atoms with Crippen LogP contribution < -0.4 is 28.4 Å². The topological polar surface area (TPSA) is 55.4 Å². The second kappa shape index (κ2) is 7.42. The second-order valence-corrected chi connectivity index (χ2v) is 5.57. The van der Waals surface area contributed by atoms with E-state index < -0.39 is 0 Å². The maximum Gasteiger partial charge on any atom is 0.231 e. The summed E-state index contributed by atoms with van der Waals surface area (Å²) in [5, 5.41) is 0. The van der Waals surface area contributed by atoms with E-state index in [0.29, 0.717) is 28.7 Å². The van der Waals surface area contributed by atoms with Gasteiger partial charge in [-0.25, -0.2) is 0 Å². The molecule has 0 fully saturated rings. The standard InChI is InChI=1S/C19H22O6/c1-20-14-7-12(8-15(21-2)18(14)23-4)5-6-13-9-16(22-3)19-17(10-13)24-11-25-19/h7-10H,5-6,11H2,1-4H3. The van der Waals surface area contributed by atoms with E-state index in [-0.39, 0.29) is 6.79 Å². The lowest BCUT2D eigenvalue weighted by Crippen LogP contribution is -1.99. The van der Waals surface area contributed by atoms with Crippen molar-refractivity contribution in [3.8, 4) is 34.5 Å². The Labute approximate surface area is 147 Å². The molecule has 2 aromatic rings. The van der Waals surface area contributed by atoms with Crippen LogP contribution in [0.5, 0.6) is 34.5 Å². The predicted molar refractivity (Wildman–Crippen MR) is 92.6 cm³/mol. The van der Waals surface area contributed by atoms with E-state index in [2.05, 4.69) is 0 Å². The first-order valence-electron chi connectivity index (χ1n) is 7.95. The zero-order valence-corrected chi connectivity index (χ0v) is 14.9. The molecule has 0 spiro atoms. The quantitative estimate of drug-likeness (QED) is 0.767. The molecule has 0 amide bonds. The van der Waals surface area contributed by atoms with Crippen LogP contribution >= 0.6 is 0 Å². The van der Waals surface area contributed by atoms with Crippen LogP contribution in [0.2, 0.25) is 0 Å². The first-order chi connectivity index (χ1) is 12.2. The molecule has 0 bridgehead atoms. The van der Waals surface area contributed by atoms with Crippen LogP contribution in [0.1, 0.15) is 11.1 Å². The fourth-order valence-electron chi connectivity index (χ4n) is 2.90. The van der Waals surface area contributed by atoms with Crippen molar-refractivity contribution in [1.82, 2.24) is 0 Å². The molecule has 0 aliphatic carbocycles. The molecule has 0 saturated carbocycles. The van der Waals surface area contributed by atoms with Crippen molar-refractivity contribution in [2.24, 2.45) is 0 Å². The molecular formula is C19H22O6. The number of hydrogen-bond donors (Lipinski definition) is 0. The van der Waals surface area contributed by atoms with E-state index in [9.17, 15) is 0 Å². The van der Waals surface area contributed by atoms with Gasteiger partial charge in [-0.3, -0.25) is 0 Å². The summed E-state index contributed by atoms with van der Waals surface area (Å²) in [5.41, 5.74) is 2.20. The monoisotopic (exact) mass is 346 g/mol. The van der Waals surface area contributed by atoms with Crippen LogP contribution in [0, 0.1) is 0 Å². The van der Waals surface area contributed by atoms with Gasteiger partial charge in [-0.1, -0.05) is 0 Å². The van der Waals surface area contributed by atoms with Crippen LogP contribution in [-0.4, -0.2) is 35.2 Å². The molecule has 25 heavy (non-hydrogen) atoms. The molecule has 134 valence electrons. The summed E-state index contributed by atoms with van der Waals surface area (Å²) in [6, 6.07) is 7.89. The highest BCUT2D eigenvalue weighted by atomic mass is 16.7. The summed E-state index contributed by atoms with van der Waals surface area (Å²) in [6.07, 6.45) is 1.62. The Kier molecular flexibility index (Phi) is 5.07. The minimum Gasteiger partial charge on any atom is -0.493 e. The largest absolute Gasteiger partial charge is 0.493 e. The normalized spacial score (nSPS) is 12.0. The Hall–Kier alpha value is -2.76. The van der Waals surface area contributed by atoms with Gasteiger partial charge in [0.25, 0.3) is 0 Å². The Balaban J connectivity index is 1.82. The van der Waals surface area contributed by atoms with Crippen LogP contribution in [-0.2, 0) is 12.8 Å². The molecule has 3 rings (SSSR count). The van der Waals surface area contributed by atoms with E-state index in [1.165, 1.54) is 0 Å². The molecule has 0 atom stereocenters. The van der Waals surface area contributed by atoms with Crippen molar-refractivity contribution >= 4 is 0 Å². The second-order valence-electron chi connectivity index (χ2n) is 5.57. The fourth-order valence-corrected chi connectivity index (χ4v) is 2.90. The third-order valence-electron chi connectivity index (χ3n) is 4.15. The molecule has 1 heterocycles. The van der Waals surface area contributed by atoms with Gasteiger partial charge in [0.15, 0.2) is 23.0 Å². The number of rotatable bonds is 7. The lowest BCUT2D eigenvalue weighted by molar-refractivity contribution is 0.171. The predicted octanol–water partition coefficient (Wildman–Crippen LogP) is 3.23. The summed E-state index contributed by atoms with van der Waals surface area (Å²) < 4.78 is 32.5. The van der Waals surface area contributed by atoms with E-state index >= 15 is 0 Å². The van der Waals surface area contributed by atoms with Crippen molar-refractivity contribution in [2.45, 2.75) is 12.8 Å². The lowest BCUT2D eigenvalue weighted by atomic mass is 10.0. The fraction of sp³-hybridized carbons (Fsp3) is 0.368. The molecule has 0 unspecified atom stereocenters. The smallest absolute Gasteiger partial charge is 0.231 e. The van der Waals surface area contributed by atoms with E-state index in [1.807, 2.05) is 24.3 Å². The van der Waals surface area contributed by atoms with Gasteiger partial charge >= 0.3 is 0 Å². The van der Waals surface area contributed by atoms with Gasteiger partial charge in [-0.05, 0) is 48.2 Å². The van der Waals surface area contributed by atoms with Crippen molar-refractivity contribution < 1.29 is 28.4 Å². The van der Waals surface area contributed by atoms with Gasteiger partial charge in [0.05, 0.1) is 28.4 Å². The zero-order valence-electron chi connectivity index (χ0n) is 14.9. The summed E-state index contributed by atoms with van der Waals surface area (Å²) in [4.78, 5) is 0. The van der Waals surface area contributed by atoms with Crippen LogP contribution in [0.4, 0.5) is 0 Å². The highest BCUT2D eigenvalue weighted by Crippen LogP contribution is 2.42. The van der Waals surface area contributed by atoms with E-state index in [1.54, 1.807) is 28.4 Å². The van der Waals surface area contributed by atoms with Crippen LogP contribution in [0.3, 0.4) is 0 Å². The minimum atomic E-state index is 0.224. The molecule has 0 N–H and O–H groups in total. The molecule has 0 aromatic heterocycles. The Morgan fingerprint density at radius 2 is 1.28 bits per heavy atom. The number of ether oxygens (including phenoxy) is 6. The molecular weight excluding hydrogens is 324 g/mol. The molecule has 1 aliphatic heterocycles. The Morgan fingerprint density at radius 1 is 0.720 bits per heavy atom. The van der Waals surface area contributed by atoms with Gasteiger partial charge in [-0.2, -0.15) is 0 Å². The molecule has 1 aliphatic rings. The van der Waals surface area contributed by atoms with Crippen molar-refractivity contribution in [3.05, 3.63) is 35.4 Å². The minimum absolute atomic E-state index is 0.224. The number of benzene rings is 2. The van der Waals surface area contributed by atoms with Crippen LogP contribution in [0.15, 0.2) is 24.3 Å². The summed E-state index contributed by atoms with van der Waals surface area (Å²) in [7, 11) is 6.45. The first kappa shape index (κ1) is 17.1. The lowest BCUT2D eigenvalue weighted by Gasteiger charge is -2.14. The van der Waals surface area contributed by atoms with Crippen molar-refractivity contribution in [1.29, 1.82) is 0 Å². The average Bonchev–Trinajstić information content (AvgIpc) is 3.13. The molecule has 0 saturated heterocycles. The van der Waals surface area contributed by atoms with Crippen LogP contribution in [0.25, 0.3) is 0 Å². The van der Waals surface area contributed by atoms with Gasteiger partial charge in [0.1, 0.15) is 0 Å². The average molecular weight is 346 g/mol. The highest BCUT2D eigenvalue weighted by Gasteiger charge is 2.20. The van der Waals surface area contributed by atoms with Crippen molar-refractivity contribution in [2.75, 3.05) is 35.2 Å². The van der Waals surface area contributed by atoms with E-state index in [4.69, 9.17) is 28.4 Å². The number of hydrogen-bond acceptors (Lipinski definition) is 6. The molecule has 0 radical (unpaired) electrons. The summed E-state index contributed by atoms with van der Waals surface area (Å²) in [5.74, 6) is 3.98. The van der Waals surface area contributed by atoms with Crippen molar-refractivity contribution in [3.63, 3.8) is 0 Å². The van der Waals surface area contributed by atoms with E-state index in [0.717, 1.165) is 29.7 Å². The Bertz CT molecular complexity index is 731. The number of fused-ring (bicyclic) bond motifs is 1. The number of aryl methyl sites for hydroxylation is 2. The zero-order chi connectivity index (χ0) is 17.8. The summed E-state index contributed by atoms with van der Waals surface area (Å²) in [6.45, 7) is 0.224. The van der Waals surface area contributed by atoms with Gasteiger partial charge < -0.3 is 28.4 Å². The highest BCUT2D eigenvalue weighted by molar-refractivity contribution is 5.56. The first-order valence-corrected chi connectivity index (χ1v) is 7.95. The van der Waals surface area contributed by atoms with Gasteiger partial charge in [0, 0.05) is 0 Å². The molecule has 6 heteroatoms. The SMILES string of the molecule is COc1cc(CCc2cc(OC)c3c(c2)OCO3)cc(OC)c1OC. The molecule has 2 aromatic carbocycles. The summed E-state index contributed by atoms with van der Waals surface area (Å²) >= 11 is 0. The Morgan fingerprint density at radius 3 is 1.84 bits per heavy atom.